The van der Waals surface area contributed by atoms with Crippen LogP contribution in [0.3, 0.4) is 0 Å². The van der Waals surface area contributed by atoms with Crippen molar-refractivity contribution in [3.05, 3.63) is 63.7 Å². The van der Waals surface area contributed by atoms with Crippen LogP contribution in [0.15, 0.2) is 30.3 Å². The lowest BCUT2D eigenvalue weighted by atomic mass is 9.94. The molecule has 1 N–H and O–H groups in total. The third-order valence-electron chi connectivity index (χ3n) is 4.96. The van der Waals surface area contributed by atoms with Gasteiger partial charge in [0.05, 0.1) is 13.2 Å². The standard InChI is InChI=1S/C23H31NO2/c1-8-21(18-10-9-15(4)11-16(18)5)24-23(25)20-13-19(14(2)3)22(26-7)12-17(20)6/h9-14,21H,8H2,1-7H3,(H,24,25)/t21-/m0/s1. The highest BCUT2D eigenvalue weighted by molar-refractivity contribution is 5.96. The van der Waals surface area contributed by atoms with Crippen LogP contribution in [0.2, 0.25) is 0 Å². The normalized spacial score (nSPS) is 12.2. The van der Waals surface area contributed by atoms with Gasteiger partial charge in [-0.1, -0.05) is 44.5 Å². The fourth-order valence-corrected chi connectivity index (χ4v) is 3.42. The number of hydrogen-bond acceptors (Lipinski definition) is 2. The van der Waals surface area contributed by atoms with E-state index in [2.05, 4.69) is 58.1 Å². The average Bonchev–Trinajstić information content (AvgIpc) is 2.59. The van der Waals surface area contributed by atoms with E-state index in [1.807, 2.05) is 19.1 Å². The van der Waals surface area contributed by atoms with Crippen molar-refractivity contribution >= 4 is 5.91 Å². The molecular weight excluding hydrogens is 322 g/mol. The number of methoxy groups -OCH3 is 1. The molecular formula is C23H31NO2. The predicted molar refractivity (Wildman–Crippen MR) is 108 cm³/mol. The molecule has 0 unspecified atom stereocenters. The van der Waals surface area contributed by atoms with E-state index >= 15 is 0 Å². The van der Waals surface area contributed by atoms with Crippen molar-refractivity contribution in [3.8, 4) is 5.75 Å². The van der Waals surface area contributed by atoms with E-state index in [0.717, 1.165) is 28.9 Å². The van der Waals surface area contributed by atoms with Crippen LogP contribution >= 0.6 is 0 Å². The molecule has 1 atom stereocenters. The molecule has 0 saturated carbocycles. The first kappa shape index (κ1) is 20.0. The predicted octanol–water partition coefficient (Wildman–Crippen LogP) is 5.62. The van der Waals surface area contributed by atoms with Crippen LogP contribution in [0.5, 0.6) is 5.75 Å². The molecule has 140 valence electrons. The highest BCUT2D eigenvalue weighted by Gasteiger charge is 2.20. The topological polar surface area (TPSA) is 38.3 Å². The summed E-state index contributed by atoms with van der Waals surface area (Å²) >= 11 is 0. The van der Waals surface area contributed by atoms with Crippen LogP contribution < -0.4 is 10.1 Å². The molecule has 0 fully saturated rings. The van der Waals surface area contributed by atoms with Gasteiger partial charge in [0.25, 0.3) is 5.91 Å². The monoisotopic (exact) mass is 353 g/mol. The first-order valence-electron chi connectivity index (χ1n) is 9.35. The fraction of sp³-hybridized carbons (Fsp3) is 0.435. The molecule has 0 bridgehead atoms. The van der Waals surface area contributed by atoms with Crippen LogP contribution in [-0.2, 0) is 0 Å². The summed E-state index contributed by atoms with van der Waals surface area (Å²) < 4.78 is 5.49. The minimum atomic E-state index is -0.0288. The summed E-state index contributed by atoms with van der Waals surface area (Å²) in [6, 6.07) is 10.3. The second kappa shape index (κ2) is 8.39. The first-order chi connectivity index (χ1) is 12.3. The number of nitrogens with one attached hydrogen (secondary N) is 1. The Kier molecular flexibility index (Phi) is 6.47. The summed E-state index contributed by atoms with van der Waals surface area (Å²) in [5, 5.41) is 3.22. The highest BCUT2D eigenvalue weighted by atomic mass is 16.5. The first-order valence-corrected chi connectivity index (χ1v) is 9.35. The molecule has 26 heavy (non-hydrogen) atoms. The molecule has 3 nitrogen and oxygen atoms in total. The average molecular weight is 354 g/mol. The summed E-state index contributed by atoms with van der Waals surface area (Å²) in [5.74, 6) is 1.10. The molecule has 0 saturated heterocycles. The molecule has 0 spiro atoms. The third-order valence-corrected chi connectivity index (χ3v) is 4.96. The van der Waals surface area contributed by atoms with E-state index in [1.165, 1.54) is 16.7 Å². The Morgan fingerprint density at radius 2 is 1.73 bits per heavy atom. The number of carbonyl (C=O) groups is 1. The summed E-state index contributed by atoms with van der Waals surface area (Å²) in [5.41, 5.74) is 6.34. The Morgan fingerprint density at radius 3 is 2.27 bits per heavy atom. The van der Waals surface area contributed by atoms with Gasteiger partial charge in [0.1, 0.15) is 5.75 Å². The molecule has 0 aliphatic heterocycles. The second-order valence-corrected chi connectivity index (χ2v) is 7.36. The zero-order valence-corrected chi connectivity index (χ0v) is 17.1. The maximum Gasteiger partial charge on any atom is 0.252 e. The van der Waals surface area contributed by atoms with Gasteiger partial charge in [-0.25, -0.2) is 0 Å². The van der Waals surface area contributed by atoms with Crippen molar-refractivity contribution in [2.24, 2.45) is 0 Å². The van der Waals surface area contributed by atoms with Gasteiger partial charge < -0.3 is 10.1 Å². The van der Waals surface area contributed by atoms with E-state index in [-0.39, 0.29) is 11.9 Å². The zero-order chi connectivity index (χ0) is 19.4. The largest absolute Gasteiger partial charge is 0.496 e. The van der Waals surface area contributed by atoms with Crippen molar-refractivity contribution < 1.29 is 9.53 Å². The van der Waals surface area contributed by atoms with Crippen molar-refractivity contribution in [3.63, 3.8) is 0 Å². The van der Waals surface area contributed by atoms with Gasteiger partial charge in [-0.3, -0.25) is 4.79 Å². The Hall–Kier alpha value is -2.29. The maximum atomic E-state index is 13.0. The number of amides is 1. The van der Waals surface area contributed by atoms with Gasteiger partial charge in [-0.05, 0) is 67.5 Å². The molecule has 1 amide bonds. The van der Waals surface area contributed by atoms with E-state index < -0.39 is 0 Å². The lowest BCUT2D eigenvalue weighted by molar-refractivity contribution is 0.0934. The van der Waals surface area contributed by atoms with E-state index in [4.69, 9.17) is 4.74 Å². The molecule has 0 aromatic heterocycles. The molecule has 2 aromatic rings. The van der Waals surface area contributed by atoms with Crippen LogP contribution in [0.1, 0.15) is 77.3 Å². The number of carbonyl (C=O) groups excluding carboxylic acids is 1. The van der Waals surface area contributed by atoms with Crippen LogP contribution in [0, 0.1) is 20.8 Å². The molecule has 0 aliphatic rings. The molecule has 3 heteroatoms. The molecule has 2 aromatic carbocycles. The third kappa shape index (κ3) is 4.27. The summed E-state index contributed by atoms with van der Waals surface area (Å²) in [6.07, 6.45) is 0.849. The van der Waals surface area contributed by atoms with Crippen molar-refractivity contribution in [2.45, 2.75) is 59.9 Å². The minimum absolute atomic E-state index is 0.00658. The van der Waals surface area contributed by atoms with E-state index in [9.17, 15) is 4.79 Å². The molecule has 0 aliphatic carbocycles. The fourth-order valence-electron chi connectivity index (χ4n) is 3.42. The smallest absolute Gasteiger partial charge is 0.252 e. The van der Waals surface area contributed by atoms with Crippen LogP contribution in [-0.4, -0.2) is 13.0 Å². The number of ether oxygens (including phenoxy) is 1. The Labute approximate surface area is 157 Å². The lowest BCUT2D eigenvalue weighted by Crippen LogP contribution is -2.29. The Morgan fingerprint density at radius 1 is 1.04 bits per heavy atom. The number of hydrogen-bond donors (Lipinski definition) is 1. The lowest BCUT2D eigenvalue weighted by Gasteiger charge is -2.22. The Bertz CT molecular complexity index is 793. The van der Waals surface area contributed by atoms with Gasteiger partial charge >= 0.3 is 0 Å². The van der Waals surface area contributed by atoms with Crippen molar-refractivity contribution in [2.75, 3.05) is 7.11 Å². The Balaban J connectivity index is 2.34. The van der Waals surface area contributed by atoms with Crippen LogP contribution in [0.4, 0.5) is 0 Å². The highest BCUT2D eigenvalue weighted by Crippen LogP contribution is 2.30. The molecule has 0 heterocycles. The van der Waals surface area contributed by atoms with Gasteiger partial charge in [0.15, 0.2) is 0 Å². The molecule has 0 radical (unpaired) electrons. The van der Waals surface area contributed by atoms with E-state index in [0.29, 0.717) is 5.92 Å². The van der Waals surface area contributed by atoms with Crippen molar-refractivity contribution in [1.82, 2.24) is 5.32 Å². The molecule has 2 rings (SSSR count). The van der Waals surface area contributed by atoms with E-state index in [1.54, 1.807) is 7.11 Å². The SMILES string of the molecule is CC[C@H](NC(=O)c1cc(C(C)C)c(OC)cc1C)c1ccc(C)cc1C. The zero-order valence-electron chi connectivity index (χ0n) is 17.1. The maximum absolute atomic E-state index is 13.0. The van der Waals surface area contributed by atoms with Gasteiger partial charge in [0.2, 0.25) is 0 Å². The second-order valence-electron chi connectivity index (χ2n) is 7.36. The summed E-state index contributed by atoms with van der Waals surface area (Å²) in [7, 11) is 1.67. The number of benzene rings is 2. The van der Waals surface area contributed by atoms with Crippen molar-refractivity contribution in [1.29, 1.82) is 0 Å². The van der Waals surface area contributed by atoms with Gasteiger partial charge in [0, 0.05) is 5.56 Å². The quantitative estimate of drug-likeness (QED) is 0.731. The number of aryl methyl sites for hydroxylation is 3. The van der Waals surface area contributed by atoms with Crippen LogP contribution in [0.25, 0.3) is 0 Å². The van der Waals surface area contributed by atoms with Gasteiger partial charge in [-0.15, -0.1) is 0 Å². The summed E-state index contributed by atoms with van der Waals surface area (Å²) in [6.45, 7) is 12.5. The number of rotatable bonds is 6. The summed E-state index contributed by atoms with van der Waals surface area (Å²) in [4.78, 5) is 13.0. The van der Waals surface area contributed by atoms with Gasteiger partial charge in [-0.2, -0.15) is 0 Å². The minimum Gasteiger partial charge on any atom is -0.496 e.